The fourth-order valence-electron chi connectivity index (χ4n) is 4.60. The standard InChI is InChI=1S/C31H61NO15.C15H29NO7/c1-30(33)3-5-36-7-9-38-11-13-40-15-17-42-19-21-44-23-25-46-27-28-47-26-24-45-22-20-43-18-16-41-14-12-39-10-8-37-6-4-32-31(34)29-35-2;1-14(17)3-5-20-7-9-22-11-12-23-10-8-21-6-4-16-15(18)13-19-2/h3-29H2,1-2H3,(H,32,34);3-13H2,1-2H3,(H,16,18). The number of Topliss-reactive ketones (excluding diaryl/α,β-unsaturated/α-hetero) is 2. The molecule has 0 saturated heterocycles. The summed E-state index contributed by atoms with van der Waals surface area (Å²) in [6, 6.07) is 0. The minimum absolute atomic E-state index is 0.0504. The van der Waals surface area contributed by atoms with Crippen LogP contribution in [0.1, 0.15) is 26.7 Å². The van der Waals surface area contributed by atoms with E-state index in [1.165, 1.54) is 14.2 Å². The first-order valence-electron chi connectivity index (χ1n) is 24.1. The van der Waals surface area contributed by atoms with Gasteiger partial charge in [-0.3, -0.25) is 19.2 Å². The Balaban J connectivity index is 0. The second-order valence-corrected chi connectivity index (χ2v) is 14.3. The molecule has 0 fully saturated rings. The van der Waals surface area contributed by atoms with E-state index in [9.17, 15) is 19.2 Å². The molecule has 0 atom stereocenters. The maximum atomic E-state index is 11.2. The minimum atomic E-state index is -0.163. The maximum absolute atomic E-state index is 11.2. The lowest BCUT2D eigenvalue weighted by atomic mass is 10.3. The Morgan fingerprint density at radius 2 is 0.414 bits per heavy atom. The lowest BCUT2D eigenvalue weighted by Crippen LogP contribution is -2.30. The maximum Gasteiger partial charge on any atom is 0.246 e. The molecular formula is C46H90N2O22. The van der Waals surface area contributed by atoms with Crippen LogP contribution in [0.15, 0.2) is 0 Å². The zero-order chi connectivity index (χ0) is 51.3. The third-order valence-electron chi connectivity index (χ3n) is 8.09. The molecule has 0 heterocycles. The van der Waals surface area contributed by atoms with Crippen molar-refractivity contribution in [1.82, 2.24) is 10.6 Å². The van der Waals surface area contributed by atoms with Gasteiger partial charge in [0.15, 0.2) is 0 Å². The topological polar surface area (TPSA) is 258 Å². The van der Waals surface area contributed by atoms with E-state index >= 15 is 0 Å². The van der Waals surface area contributed by atoms with Crippen LogP contribution in [0.25, 0.3) is 0 Å². The number of carbonyl (C=O) groups excluding carboxylic acids is 4. The lowest BCUT2D eigenvalue weighted by molar-refractivity contribution is -0.125. The summed E-state index contributed by atoms with van der Waals surface area (Å²) in [6.07, 6.45) is 0.882. The van der Waals surface area contributed by atoms with Gasteiger partial charge in [0.05, 0.1) is 211 Å². The second kappa shape index (κ2) is 62.7. The summed E-state index contributed by atoms with van der Waals surface area (Å²) in [4.78, 5) is 43.6. The van der Waals surface area contributed by atoms with E-state index in [0.717, 1.165) is 0 Å². The highest BCUT2D eigenvalue weighted by Crippen LogP contribution is 1.90. The largest absolute Gasteiger partial charge is 0.379 e. The molecule has 2 N–H and O–H groups in total. The molecule has 0 aliphatic rings. The summed E-state index contributed by atoms with van der Waals surface area (Å²) in [7, 11) is 2.94. The number of ketones is 2. The van der Waals surface area contributed by atoms with Crippen molar-refractivity contribution >= 4 is 23.4 Å². The number of hydrogen-bond acceptors (Lipinski definition) is 22. The molecule has 0 aromatic rings. The monoisotopic (exact) mass is 1020 g/mol. The second-order valence-electron chi connectivity index (χ2n) is 14.3. The third kappa shape index (κ3) is 67.6. The van der Waals surface area contributed by atoms with Gasteiger partial charge < -0.3 is 95.9 Å². The number of nitrogens with one attached hydrogen (secondary N) is 2. The van der Waals surface area contributed by atoms with E-state index in [4.69, 9.17) is 80.5 Å². The van der Waals surface area contributed by atoms with Crippen LogP contribution in [0.5, 0.6) is 0 Å². The van der Waals surface area contributed by atoms with Crippen molar-refractivity contribution in [3.8, 4) is 0 Å². The fraction of sp³-hybridized carbons (Fsp3) is 0.913. The Bertz CT molecular complexity index is 1100. The summed E-state index contributed by atoms with van der Waals surface area (Å²) in [5.41, 5.74) is 0. The summed E-state index contributed by atoms with van der Waals surface area (Å²) < 4.78 is 95.5. The Hall–Kier alpha value is -2.44. The molecule has 70 heavy (non-hydrogen) atoms. The van der Waals surface area contributed by atoms with Crippen LogP contribution in [-0.4, -0.2) is 275 Å². The average Bonchev–Trinajstić information content (AvgIpc) is 3.33. The molecule has 0 spiro atoms. The Morgan fingerprint density at radius 3 is 0.571 bits per heavy atom. The first-order valence-corrected chi connectivity index (χ1v) is 24.1. The molecule has 0 aliphatic heterocycles. The van der Waals surface area contributed by atoms with Crippen molar-refractivity contribution in [3.05, 3.63) is 0 Å². The zero-order valence-corrected chi connectivity index (χ0v) is 42.9. The molecule has 0 radical (unpaired) electrons. The Labute approximate surface area is 416 Å². The average molecular weight is 1020 g/mol. The number of hydrogen-bond donors (Lipinski definition) is 2. The number of carbonyl (C=O) groups is 4. The molecular weight excluding hydrogens is 932 g/mol. The first kappa shape index (κ1) is 69.6. The zero-order valence-electron chi connectivity index (χ0n) is 42.9. The highest BCUT2D eigenvalue weighted by molar-refractivity contribution is 5.77. The molecule has 24 heteroatoms. The molecule has 0 aromatic carbocycles. The molecule has 24 nitrogen and oxygen atoms in total. The third-order valence-corrected chi connectivity index (χ3v) is 8.09. The van der Waals surface area contributed by atoms with E-state index < -0.39 is 0 Å². The van der Waals surface area contributed by atoms with Crippen molar-refractivity contribution in [1.29, 1.82) is 0 Å². The van der Waals surface area contributed by atoms with Crippen molar-refractivity contribution in [2.24, 2.45) is 0 Å². The number of methoxy groups -OCH3 is 2. The van der Waals surface area contributed by atoms with E-state index in [1.54, 1.807) is 13.8 Å². The van der Waals surface area contributed by atoms with Gasteiger partial charge >= 0.3 is 0 Å². The van der Waals surface area contributed by atoms with Gasteiger partial charge in [0.2, 0.25) is 11.8 Å². The minimum Gasteiger partial charge on any atom is -0.379 e. The fourth-order valence-corrected chi connectivity index (χ4v) is 4.60. The first-order chi connectivity index (χ1) is 34.3. The van der Waals surface area contributed by atoms with Crippen LogP contribution in [-0.2, 0) is 104 Å². The summed E-state index contributed by atoms with van der Waals surface area (Å²) in [5, 5.41) is 5.32. The van der Waals surface area contributed by atoms with Gasteiger partial charge in [0.25, 0.3) is 0 Å². The van der Waals surface area contributed by atoms with E-state index in [2.05, 4.69) is 15.4 Å². The van der Waals surface area contributed by atoms with Gasteiger partial charge in [0.1, 0.15) is 24.8 Å². The van der Waals surface area contributed by atoms with E-state index in [-0.39, 0.29) is 36.6 Å². The normalized spacial score (nSPS) is 11.1. The van der Waals surface area contributed by atoms with Gasteiger partial charge in [-0.15, -0.1) is 0 Å². The quantitative estimate of drug-likeness (QED) is 0.0743. The van der Waals surface area contributed by atoms with Gasteiger partial charge in [-0.1, -0.05) is 0 Å². The predicted molar refractivity (Wildman–Crippen MR) is 253 cm³/mol. The van der Waals surface area contributed by atoms with Gasteiger partial charge in [-0.05, 0) is 13.8 Å². The van der Waals surface area contributed by atoms with Gasteiger partial charge in [-0.2, -0.15) is 0 Å². The molecule has 2 amide bonds. The van der Waals surface area contributed by atoms with Crippen LogP contribution >= 0.6 is 0 Å². The Morgan fingerprint density at radius 1 is 0.257 bits per heavy atom. The molecule has 0 unspecified atom stereocenters. The molecule has 0 rings (SSSR count). The van der Waals surface area contributed by atoms with Crippen molar-refractivity contribution in [2.75, 3.05) is 252 Å². The molecule has 416 valence electrons. The highest BCUT2D eigenvalue weighted by atomic mass is 16.6. The number of amides is 2. The SMILES string of the molecule is COCC(=O)NCCOCCOCCOCCOCCC(C)=O.COCC(=O)NCCOCCOCCOCCOCCOCCOCCOCCOCCOCCOCCOCCOCCC(C)=O. The predicted octanol–water partition coefficient (Wildman–Crippen LogP) is -0.278. The van der Waals surface area contributed by atoms with Crippen molar-refractivity contribution in [2.45, 2.75) is 26.7 Å². The molecule has 0 saturated carbocycles. The Kier molecular flexibility index (Phi) is 62.4. The summed E-state index contributed by atoms with van der Waals surface area (Å²) >= 11 is 0. The smallest absolute Gasteiger partial charge is 0.246 e. The lowest BCUT2D eigenvalue weighted by Gasteiger charge is -2.09. The van der Waals surface area contributed by atoms with Crippen LogP contribution in [0.3, 0.4) is 0 Å². The highest BCUT2D eigenvalue weighted by Gasteiger charge is 2.01. The molecule has 0 aromatic heterocycles. The van der Waals surface area contributed by atoms with Gasteiger partial charge in [0, 0.05) is 40.2 Å². The summed E-state index contributed by atoms with van der Waals surface area (Å²) in [6.45, 7) is 19.4. The van der Waals surface area contributed by atoms with Crippen LogP contribution in [0.2, 0.25) is 0 Å². The van der Waals surface area contributed by atoms with E-state index in [1.807, 2.05) is 0 Å². The summed E-state index contributed by atoms with van der Waals surface area (Å²) in [5.74, 6) is -0.0745. The van der Waals surface area contributed by atoms with Gasteiger partial charge in [-0.25, -0.2) is 0 Å². The van der Waals surface area contributed by atoms with Crippen LogP contribution in [0, 0.1) is 0 Å². The van der Waals surface area contributed by atoms with Crippen molar-refractivity contribution < 1.29 is 104 Å². The van der Waals surface area contributed by atoms with E-state index in [0.29, 0.717) is 237 Å². The number of rotatable bonds is 58. The van der Waals surface area contributed by atoms with Crippen LogP contribution < -0.4 is 10.6 Å². The van der Waals surface area contributed by atoms with Crippen LogP contribution in [0.4, 0.5) is 0 Å². The van der Waals surface area contributed by atoms with Crippen molar-refractivity contribution in [3.63, 3.8) is 0 Å². The molecule has 0 aliphatic carbocycles. The number of ether oxygens (including phenoxy) is 18. The molecule has 0 bridgehead atoms.